The maximum atomic E-state index is 7.20. The number of hydrogen-bond acceptors (Lipinski definition) is 0. The molecule has 1 aliphatic carbocycles. The molecule has 1 heteroatoms. The highest BCUT2D eigenvalue weighted by Crippen LogP contribution is 2.33. The summed E-state index contributed by atoms with van der Waals surface area (Å²) in [5.74, 6) is 1.02. The molecule has 0 aromatic heterocycles. The molecule has 47 valence electrons. The Labute approximate surface area is 51.3 Å². The molecule has 0 spiro atoms. The zero-order valence-corrected chi connectivity index (χ0v) is 5.48. The van der Waals surface area contributed by atoms with Crippen molar-refractivity contribution in [1.82, 2.24) is 5.73 Å². The minimum absolute atomic E-state index is 0.176. The van der Waals surface area contributed by atoms with Gasteiger partial charge in [-0.25, -0.2) is 0 Å². The van der Waals surface area contributed by atoms with E-state index in [2.05, 4.69) is 0 Å². The summed E-state index contributed by atoms with van der Waals surface area (Å²) in [6, 6.07) is 0.176. The maximum Gasteiger partial charge on any atom is 0.0184 e. The Morgan fingerprint density at radius 2 is 2.25 bits per heavy atom. The van der Waals surface area contributed by atoms with Crippen molar-refractivity contribution in [3.05, 3.63) is 0 Å². The van der Waals surface area contributed by atoms with E-state index in [1.165, 1.54) is 19.3 Å². The van der Waals surface area contributed by atoms with E-state index in [9.17, 15) is 0 Å². The van der Waals surface area contributed by atoms with E-state index in [1.54, 1.807) is 0 Å². The minimum Gasteiger partial charge on any atom is -0.255 e. The molecule has 1 unspecified atom stereocenters. The molecule has 1 aliphatic rings. The van der Waals surface area contributed by atoms with E-state index in [1.807, 2.05) is 6.92 Å². The van der Waals surface area contributed by atoms with Gasteiger partial charge in [0.2, 0.25) is 0 Å². The zero-order chi connectivity index (χ0) is 5.98. The molecule has 0 bridgehead atoms. The van der Waals surface area contributed by atoms with Gasteiger partial charge >= 0.3 is 0 Å². The third-order valence-electron chi connectivity index (χ3n) is 1.70. The Bertz CT molecular complexity index is 62.8. The van der Waals surface area contributed by atoms with Crippen LogP contribution < -0.4 is 5.73 Å². The molecule has 1 nitrogen and oxygen atoms in total. The van der Waals surface area contributed by atoms with Gasteiger partial charge < -0.3 is 0 Å². The molecular weight excluding hydrogens is 98.1 g/mol. The summed E-state index contributed by atoms with van der Waals surface area (Å²) in [5, 5.41) is 0. The summed E-state index contributed by atoms with van der Waals surface area (Å²) in [5.41, 5.74) is 7.20. The smallest absolute Gasteiger partial charge is 0.0184 e. The number of nitrogens with one attached hydrogen (secondary N) is 1. The fraction of sp³-hybridized carbons (Fsp3) is 1.00. The summed E-state index contributed by atoms with van der Waals surface area (Å²) in [6.07, 6.45) is 5.30. The van der Waals surface area contributed by atoms with Gasteiger partial charge in [-0.15, -0.1) is 0 Å². The Kier molecular flexibility index (Phi) is 1.90. The van der Waals surface area contributed by atoms with Crippen LogP contribution in [0.3, 0.4) is 0 Å². The average molecular weight is 112 g/mol. The van der Waals surface area contributed by atoms with Crippen molar-refractivity contribution in [2.45, 2.75) is 38.6 Å². The van der Waals surface area contributed by atoms with Crippen LogP contribution in [0.5, 0.6) is 0 Å². The molecule has 0 amide bonds. The van der Waals surface area contributed by atoms with Gasteiger partial charge in [-0.05, 0) is 25.7 Å². The Morgan fingerprint density at radius 1 is 1.62 bits per heavy atom. The first kappa shape index (κ1) is 6.09. The van der Waals surface area contributed by atoms with Crippen LogP contribution in [-0.2, 0) is 0 Å². The third-order valence-corrected chi connectivity index (χ3v) is 1.70. The van der Waals surface area contributed by atoms with Gasteiger partial charge in [0.25, 0.3) is 0 Å². The molecule has 1 rings (SSSR count). The summed E-state index contributed by atoms with van der Waals surface area (Å²) >= 11 is 0. The first-order valence-electron chi connectivity index (χ1n) is 3.50. The van der Waals surface area contributed by atoms with E-state index in [-0.39, 0.29) is 6.04 Å². The van der Waals surface area contributed by atoms with Crippen LogP contribution in [0.2, 0.25) is 0 Å². The van der Waals surface area contributed by atoms with E-state index in [4.69, 9.17) is 5.73 Å². The predicted octanol–water partition coefficient (Wildman–Crippen LogP) is 1.85. The second-order valence-electron chi connectivity index (χ2n) is 2.92. The van der Waals surface area contributed by atoms with Crippen molar-refractivity contribution in [2.24, 2.45) is 5.92 Å². The highest BCUT2D eigenvalue weighted by atomic mass is 14.6. The van der Waals surface area contributed by atoms with Crippen LogP contribution in [0.1, 0.15) is 32.6 Å². The summed E-state index contributed by atoms with van der Waals surface area (Å²) in [7, 11) is 0. The van der Waals surface area contributed by atoms with Crippen LogP contribution in [0.4, 0.5) is 0 Å². The predicted molar refractivity (Wildman–Crippen MR) is 34.5 cm³/mol. The fourth-order valence-electron chi connectivity index (χ4n) is 0.892. The molecule has 8 heavy (non-hydrogen) atoms. The normalized spacial score (nSPS) is 23.2. The average Bonchev–Trinajstić information content (AvgIpc) is 2.41. The second kappa shape index (κ2) is 2.49. The molecule has 1 fully saturated rings. The van der Waals surface area contributed by atoms with Crippen molar-refractivity contribution in [1.29, 1.82) is 0 Å². The van der Waals surface area contributed by atoms with E-state index < -0.39 is 0 Å². The van der Waals surface area contributed by atoms with Gasteiger partial charge in [-0.1, -0.05) is 12.8 Å². The molecule has 0 saturated heterocycles. The van der Waals surface area contributed by atoms with Gasteiger partial charge in [-0.3, -0.25) is 5.73 Å². The van der Waals surface area contributed by atoms with Gasteiger partial charge in [-0.2, -0.15) is 0 Å². The minimum atomic E-state index is 0.176. The lowest BCUT2D eigenvalue weighted by atomic mass is 10.1. The molecule has 1 atom stereocenters. The zero-order valence-electron chi connectivity index (χ0n) is 5.48. The van der Waals surface area contributed by atoms with Crippen molar-refractivity contribution < 1.29 is 0 Å². The maximum absolute atomic E-state index is 7.20. The fourth-order valence-corrected chi connectivity index (χ4v) is 0.892. The Balaban J connectivity index is 1.87. The molecule has 1 radical (unpaired) electrons. The lowest BCUT2D eigenvalue weighted by Gasteiger charge is -1.99. The summed E-state index contributed by atoms with van der Waals surface area (Å²) in [6.45, 7) is 1.97. The number of hydrogen-bond donors (Lipinski definition) is 0. The molecule has 0 aliphatic heterocycles. The van der Waals surface area contributed by atoms with Crippen LogP contribution in [0.15, 0.2) is 0 Å². The molecule has 0 heterocycles. The van der Waals surface area contributed by atoms with Gasteiger partial charge in [0.15, 0.2) is 0 Å². The third kappa shape index (κ3) is 2.31. The molecule has 0 aromatic carbocycles. The van der Waals surface area contributed by atoms with Gasteiger partial charge in [0.1, 0.15) is 0 Å². The second-order valence-corrected chi connectivity index (χ2v) is 2.92. The standard InChI is InChI=1S/C7H14N/c1-6(8)2-3-7-4-5-7/h6-8H,2-5H2,1H3. The van der Waals surface area contributed by atoms with Gasteiger partial charge in [0, 0.05) is 6.04 Å². The van der Waals surface area contributed by atoms with Crippen molar-refractivity contribution in [2.75, 3.05) is 0 Å². The highest BCUT2D eigenvalue weighted by Gasteiger charge is 2.20. The Morgan fingerprint density at radius 3 is 2.62 bits per heavy atom. The van der Waals surface area contributed by atoms with Crippen LogP contribution in [0, 0.1) is 5.92 Å². The molecule has 1 saturated carbocycles. The number of rotatable bonds is 3. The largest absolute Gasteiger partial charge is 0.255 e. The van der Waals surface area contributed by atoms with E-state index >= 15 is 0 Å². The first-order chi connectivity index (χ1) is 3.79. The lowest BCUT2D eigenvalue weighted by Crippen LogP contribution is -2.01. The monoisotopic (exact) mass is 112 g/mol. The van der Waals surface area contributed by atoms with Crippen LogP contribution >= 0.6 is 0 Å². The van der Waals surface area contributed by atoms with Crippen molar-refractivity contribution in [3.63, 3.8) is 0 Å². The lowest BCUT2D eigenvalue weighted by molar-refractivity contribution is 0.575. The van der Waals surface area contributed by atoms with Crippen LogP contribution in [0.25, 0.3) is 0 Å². The Hall–Kier alpha value is -0.0400. The van der Waals surface area contributed by atoms with E-state index in [0.29, 0.717) is 0 Å². The first-order valence-corrected chi connectivity index (χ1v) is 3.50. The molecule has 1 N–H and O–H groups in total. The van der Waals surface area contributed by atoms with E-state index in [0.717, 1.165) is 12.3 Å². The van der Waals surface area contributed by atoms with Crippen molar-refractivity contribution >= 4 is 0 Å². The molecular formula is C7H14N. The summed E-state index contributed by atoms with van der Waals surface area (Å²) in [4.78, 5) is 0. The molecule has 0 aromatic rings. The van der Waals surface area contributed by atoms with Crippen molar-refractivity contribution in [3.8, 4) is 0 Å². The quantitative estimate of drug-likeness (QED) is 0.532. The summed E-state index contributed by atoms with van der Waals surface area (Å²) < 4.78 is 0. The van der Waals surface area contributed by atoms with Gasteiger partial charge in [0.05, 0.1) is 0 Å². The highest BCUT2D eigenvalue weighted by molar-refractivity contribution is 4.73. The topological polar surface area (TPSA) is 23.8 Å². The van der Waals surface area contributed by atoms with Crippen LogP contribution in [-0.4, -0.2) is 6.04 Å². The SMILES string of the molecule is CC([NH])CCC1CC1.